The van der Waals surface area contributed by atoms with Crippen molar-refractivity contribution in [2.75, 3.05) is 17.2 Å². The second kappa shape index (κ2) is 7.11. The Balaban J connectivity index is 2.28. The van der Waals surface area contributed by atoms with E-state index in [4.69, 9.17) is 23.2 Å². The van der Waals surface area contributed by atoms with Crippen LogP contribution in [0.15, 0.2) is 28.9 Å². The Morgan fingerprint density at radius 3 is 2.60 bits per heavy atom. The van der Waals surface area contributed by atoms with Crippen LogP contribution in [0.25, 0.3) is 0 Å². The molecule has 0 saturated carbocycles. The van der Waals surface area contributed by atoms with E-state index in [1.54, 1.807) is 24.4 Å². The molecule has 0 radical (unpaired) electrons. The highest BCUT2D eigenvalue weighted by Gasteiger charge is 2.10. The third kappa shape index (κ3) is 3.75. The Kier molecular flexibility index (Phi) is 5.46. The van der Waals surface area contributed by atoms with Gasteiger partial charge in [-0.1, -0.05) is 36.2 Å². The normalized spacial score (nSPS) is 10.4. The minimum atomic E-state index is 0.533. The summed E-state index contributed by atoms with van der Waals surface area (Å²) in [6.07, 6.45) is 2.68. The van der Waals surface area contributed by atoms with Gasteiger partial charge in [-0.2, -0.15) is 4.98 Å². The van der Waals surface area contributed by atoms with Gasteiger partial charge in [0.15, 0.2) is 0 Å². The lowest BCUT2D eigenvalue weighted by atomic mass is 10.3. The monoisotopic (exact) mass is 374 g/mol. The maximum atomic E-state index is 6.13. The highest BCUT2D eigenvalue weighted by atomic mass is 79.9. The molecular weight excluding hydrogens is 363 g/mol. The van der Waals surface area contributed by atoms with Gasteiger partial charge in [0.25, 0.3) is 0 Å². The van der Waals surface area contributed by atoms with Gasteiger partial charge in [-0.15, -0.1) is 0 Å². The number of aromatic nitrogens is 2. The van der Waals surface area contributed by atoms with E-state index in [2.05, 4.69) is 43.5 Å². The predicted octanol–water partition coefficient (Wildman–Crippen LogP) is 5.11. The summed E-state index contributed by atoms with van der Waals surface area (Å²) in [6, 6.07) is 5.32. The Bertz CT molecular complexity index is 587. The quantitative estimate of drug-likeness (QED) is 0.762. The molecular formula is C13H13BrCl2N4. The van der Waals surface area contributed by atoms with Gasteiger partial charge in [0, 0.05) is 12.7 Å². The molecule has 2 N–H and O–H groups in total. The first kappa shape index (κ1) is 15.4. The summed E-state index contributed by atoms with van der Waals surface area (Å²) in [4.78, 5) is 8.58. The number of hydrogen-bond acceptors (Lipinski definition) is 4. The number of nitrogens with zero attached hydrogens (tertiary/aromatic N) is 2. The Morgan fingerprint density at radius 2 is 1.95 bits per heavy atom. The van der Waals surface area contributed by atoms with E-state index >= 15 is 0 Å². The van der Waals surface area contributed by atoms with E-state index in [0.29, 0.717) is 27.5 Å². The molecule has 2 aromatic rings. The Hall–Kier alpha value is -1.04. The topological polar surface area (TPSA) is 49.8 Å². The largest absolute Gasteiger partial charge is 0.354 e. The fourth-order valence-electron chi connectivity index (χ4n) is 1.51. The average Bonchev–Trinajstić information content (AvgIpc) is 2.43. The summed E-state index contributed by atoms with van der Waals surface area (Å²) in [5, 5.41) is 7.32. The number of para-hydroxylation sites is 1. The third-order valence-electron chi connectivity index (χ3n) is 2.48. The van der Waals surface area contributed by atoms with Crippen molar-refractivity contribution in [2.24, 2.45) is 0 Å². The maximum Gasteiger partial charge on any atom is 0.224 e. The molecule has 2 rings (SSSR count). The first-order chi connectivity index (χ1) is 9.61. The summed E-state index contributed by atoms with van der Waals surface area (Å²) in [6.45, 7) is 2.89. The lowest BCUT2D eigenvalue weighted by Crippen LogP contribution is -2.06. The molecule has 0 aliphatic rings. The first-order valence-corrected chi connectivity index (χ1v) is 7.64. The Morgan fingerprint density at radius 1 is 1.25 bits per heavy atom. The van der Waals surface area contributed by atoms with Gasteiger partial charge in [0.1, 0.15) is 5.82 Å². The number of anilines is 3. The van der Waals surface area contributed by atoms with Crippen molar-refractivity contribution in [3.63, 3.8) is 0 Å². The van der Waals surface area contributed by atoms with E-state index in [1.165, 1.54) is 0 Å². The molecule has 20 heavy (non-hydrogen) atoms. The standard InChI is InChI=1S/C13H13BrCl2N4/c1-2-6-17-13-18-7-8(14)12(20-13)19-11-9(15)4-3-5-10(11)16/h3-5,7H,2,6H2,1H3,(H2,17,18,19,20). The average molecular weight is 376 g/mol. The van der Waals surface area contributed by atoms with Crippen LogP contribution in [0.3, 0.4) is 0 Å². The molecule has 0 amide bonds. The number of nitrogens with one attached hydrogen (secondary N) is 2. The van der Waals surface area contributed by atoms with E-state index in [1.807, 2.05) is 0 Å². The molecule has 1 aromatic heterocycles. The summed E-state index contributed by atoms with van der Waals surface area (Å²) in [5.74, 6) is 1.16. The van der Waals surface area contributed by atoms with Crippen molar-refractivity contribution in [1.82, 2.24) is 9.97 Å². The Labute approximate surface area is 136 Å². The summed E-state index contributed by atoms with van der Waals surface area (Å²) >= 11 is 15.7. The van der Waals surface area contributed by atoms with Gasteiger partial charge in [0.2, 0.25) is 5.95 Å². The number of rotatable bonds is 5. The summed E-state index contributed by atoms with van der Waals surface area (Å²) in [7, 11) is 0. The van der Waals surface area contributed by atoms with Gasteiger partial charge in [0.05, 0.1) is 20.2 Å². The van der Waals surface area contributed by atoms with Gasteiger partial charge >= 0.3 is 0 Å². The van der Waals surface area contributed by atoms with Crippen molar-refractivity contribution in [1.29, 1.82) is 0 Å². The lowest BCUT2D eigenvalue weighted by Gasteiger charge is -2.12. The van der Waals surface area contributed by atoms with Gasteiger partial charge in [-0.3, -0.25) is 0 Å². The van der Waals surface area contributed by atoms with Crippen LogP contribution in [0.5, 0.6) is 0 Å². The van der Waals surface area contributed by atoms with E-state index in [9.17, 15) is 0 Å². The molecule has 0 aliphatic heterocycles. The molecule has 106 valence electrons. The molecule has 0 fully saturated rings. The van der Waals surface area contributed by atoms with Crippen LogP contribution in [0.4, 0.5) is 17.5 Å². The maximum absolute atomic E-state index is 6.13. The molecule has 4 nitrogen and oxygen atoms in total. The zero-order valence-corrected chi connectivity index (χ0v) is 13.8. The van der Waals surface area contributed by atoms with Gasteiger partial charge in [-0.05, 0) is 34.5 Å². The zero-order valence-electron chi connectivity index (χ0n) is 10.8. The SMILES string of the molecule is CCCNc1ncc(Br)c(Nc2c(Cl)cccc2Cl)n1. The van der Waals surface area contributed by atoms with Crippen LogP contribution in [0.2, 0.25) is 10.0 Å². The second-order valence-corrected chi connectivity index (χ2v) is 5.71. The van der Waals surface area contributed by atoms with E-state index < -0.39 is 0 Å². The van der Waals surface area contributed by atoms with Gasteiger partial charge in [-0.25, -0.2) is 4.98 Å². The van der Waals surface area contributed by atoms with Crippen LogP contribution in [0, 0.1) is 0 Å². The van der Waals surface area contributed by atoms with Crippen LogP contribution in [-0.2, 0) is 0 Å². The van der Waals surface area contributed by atoms with E-state index in [0.717, 1.165) is 17.4 Å². The molecule has 0 aliphatic carbocycles. The van der Waals surface area contributed by atoms with Crippen molar-refractivity contribution in [3.8, 4) is 0 Å². The molecule has 0 unspecified atom stereocenters. The second-order valence-electron chi connectivity index (χ2n) is 4.04. The molecule has 0 bridgehead atoms. The van der Waals surface area contributed by atoms with E-state index in [-0.39, 0.29) is 0 Å². The van der Waals surface area contributed by atoms with Crippen molar-refractivity contribution in [2.45, 2.75) is 13.3 Å². The minimum absolute atomic E-state index is 0.533. The minimum Gasteiger partial charge on any atom is -0.354 e. The van der Waals surface area contributed by atoms with Crippen LogP contribution in [-0.4, -0.2) is 16.5 Å². The molecule has 0 atom stereocenters. The molecule has 1 aromatic carbocycles. The highest BCUT2D eigenvalue weighted by molar-refractivity contribution is 9.10. The highest BCUT2D eigenvalue weighted by Crippen LogP contribution is 2.34. The molecule has 0 saturated heterocycles. The molecule has 7 heteroatoms. The zero-order chi connectivity index (χ0) is 14.5. The summed E-state index contributed by atoms with van der Waals surface area (Å²) < 4.78 is 0.732. The number of hydrogen-bond donors (Lipinski definition) is 2. The van der Waals surface area contributed by atoms with Crippen LogP contribution >= 0.6 is 39.1 Å². The fourth-order valence-corrected chi connectivity index (χ4v) is 2.29. The first-order valence-electron chi connectivity index (χ1n) is 6.09. The van der Waals surface area contributed by atoms with Crippen molar-refractivity contribution < 1.29 is 0 Å². The van der Waals surface area contributed by atoms with Crippen molar-refractivity contribution >= 4 is 56.6 Å². The van der Waals surface area contributed by atoms with Crippen LogP contribution in [0.1, 0.15) is 13.3 Å². The van der Waals surface area contributed by atoms with Crippen molar-refractivity contribution in [3.05, 3.63) is 38.9 Å². The summed E-state index contributed by atoms with van der Waals surface area (Å²) in [5.41, 5.74) is 0.622. The van der Waals surface area contributed by atoms with Gasteiger partial charge < -0.3 is 10.6 Å². The third-order valence-corrected chi connectivity index (χ3v) is 3.69. The number of benzene rings is 1. The van der Waals surface area contributed by atoms with Crippen LogP contribution < -0.4 is 10.6 Å². The smallest absolute Gasteiger partial charge is 0.224 e. The molecule has 1 heterocycles. The molecule has 0 spiro atoms. The lowest BCUT2D eigenvalue weighted by molar-refractivity contribution is 0.952. The predicted molar refractivity (Wildman–Crippen MR) is 88.3 cm³/mol. The fraction of sp³-hybridized carbons (Fsp3) is 0.231. The number of halogens is 3.